The molecule has 0 bridgehead atoms. The molecule has 1 fully saturated rings. The summed E-state index contributed by atoms with van der Waals surface area (Å²) < 4.78 is 1.60. The molecule has 9 heteroatoms. The molecule has 0 radical (unpaired) electrons. The summed E-state index contributed by atoms with van der Waals surface area (Å²) in [6.07, 6.45) is 1.99. The molecule has 28 heavy (non-hydrogen) atoms. The number of hydrogen-bond acceptors (Lipinski definition) is 5. The maximum Gasteiger partial charge on any atom is 0.319 e. The Labute approximate surface area is 164 Å². The van der Waals surface area contributed by atoms with Gasteiger partial charge in [-0.15, -0.1) is 0 Å². The van der Waals surface area contributed by atoms with Crippen molar-refractivity contribution in [3.05, 3.63) is 35.7 Å². The molecule has 9 nitrogen and oxygen atoms in total. The summed E-state index contributed by atoms with van der Waals surface area (Å²) in [5.74, 6) is 1.25. The predicted molar refractivity (Wildman–Crippen MR) is 108 cm³/mol. The number of carbonyl (C=O) groups excluding carboxylic acids is 2. The summed E-state index contributed by atoms with van der Waals surface area (Å²) in [6, 6.07) is 6.45. The molecule has 4 N–H and O–H groups in total. The van der Waals surface area contributed by atoms with Crippen molar-refractivity contribution in [1.82, 2.24) is 25.4 Å². The molecule has 0 spiro atoms. The molecule has 0 aliphatic carbocycles. The summed E-state index contributed by atoms with van der Waals surface area (Å²) in [7, 11) is 1.77. The predicted octanol–water partition coefficient (Wildman–Crippen LogP) is 2.06. The summed E-state index contributed by atoms with van der Waals surface area (Å²) >= 11 is 0. The number of anilines is 2. The van der Waals surface area contributed by atoms with Crippen LogP contribution in [0.5, 0.6) is 0 Å². The lowest BCUT2D eigenvalue weighted by Gasteiger charge is -2.19. The molecule has 1 aliphatic rings. The third-order valence-electron chi connectivity index (χ3n) is 4.53. The average molecular weight is 385 g/mol. The lowest BCUT2D eigenvalue weighted by atomic mass is 9.98. The van der Waals surface area contributed by atoms with Crippen LogP contribution in [0.4, 0.5) is 16.4 Å². The van der Waals surface area contributed by atoms with Crippen molar-refractivity contribution in [1.29, 1.82) is 0 Å². The number of nitrogens with zero attached hydrogens (tertiary/aromatic N) is 3. The van der Waals surface area contributed by atoms with Crippen LogP contribution in [-0.2, 0) is 7.05 Å². The van der Waals surface area contributed by atoms with Crippen molar-refractivity contribution in [2.45, 2.75) is 38.6 Å². The van der Waals surface area contributed by atoms with Gasteiger partial charge >= 0.3 is 6.03 Å². The monoisotopic (exact) mass is 385 g/mol. The van der Waals surface area contributed by atoms with Gasteiger partial charge in [-0.3, -0.25) is 10.1 Å². The third kappa shape index (κ3) is 5.07. The number of aryl methyl sites for hydroxylation is 1. The zero-order valence-electron chi connectivity index (χ0n) is 16.5. The van der Waals surface area contributed by atoms with Gasteiger partial charge in [-0.1, -0.05) is 0 Å². The fourth-order valence-electron chi connectivity index (χ4n) is 3.07. The van der Waals surface area contributed by atoms with Crippen LogP contribution < -0.4 is 21.3 Å². The van der Waals surface area contributed by atoms with Crippen molar-refractivity contribution in [2.24, 2.45) is 7.05 Å². The van der Waals surface area contributed by atoms with E-state index in [1.54, 1.807) is 36.0 Å². The van der Waals surface area contributed by atoms with E-state index in [0.29, 0.717) is 23.1 Å². The maximum absolute atomic E-state index is 12.5. The average Bonchev–Trinajstić information content (AvgIpc) is 3.03. The van der Waals surface area contributed by atoms with E-state index in [9.17, 15) is 9.59 Å². The minimum absolute atomic E-state index is 0.0474. The number of nitrogens with one attached hydrogen (secondary N) is 4. The van der Waals surface area contributed by atoms with Gasteiger partial charge in [0.1, 0.15) is 0 Å². The molecule has 1 aliphatic heterocycles. The molecule has 0 atom stereocenters. The van der Waals surface area contributed by atoms with Crippen molar-refractivity contribution < 1.29 is 9.59 Å². The van der Waals surface area contributed by atoms with Gasteiger partial charge in [0.25, 0.3) is 5.91 Å². The molecular formula is C19H27N7O2. The number of aromatic nitrogens is 3. The van der Waals surface area contributed by atoms with E-state index >= 15 is 0 Å². The topological polar surface area (TPSA) is 113 Å². The molecule has 1 saturated heterocycles. The maximum atomic E-state index is 12.5. The Morgan fingerprint density at radius 3 is 2.46 bits per heavy atom. The molecule has 150 valence electrons. The summed E-state index contributed by atoms with van der Waals surface area (Å²) in [6.45, 7) is 5.69. The number of carbonyl (C=O) groups is 2. The van der Waals surface area contributed by atoms with E-state index in [4.69, 9.17) is 0 Å². The van der Waals surface area contributed by atoms with Crippen LogP contribution in [-0.4, -0.2) is 45.8 Å². The zero-order valence-corrected chi connectivity index (χ0v) is 16.5. The molecule has 3 amide bonds. The highest BCUT2D eigenvalue weighted by Crippen LogP contribution is 2.23. The van der Waals surface area contributed by atoms with Crippen LogP contribution in [0.1, 0.15) is 48.8 Å². The molecular weight excluding hydrogens is 358 g/mol. The molecule has 1 aromatic heterocycles. The van der Waals surface area contributed by atoms with Gasteiger partial charge < -0.3 is 16.0 Å². The largest absolute Gasteiger partial charge is 0.336 e. The van der Waals surface area contributed by atoms with E-state index in [1.165, 1.54) is 0 Å². The lowest BCUT2D eigenvalue weighted by Crippen LogP contribution is -2.34. The van der Waals surface area contributed by atoms with Crippen LogP contribution in [0, 0.1) is 0 Å². The Morgan fingerprint density at radius 1 is 1.14 bits per heavy atom. The van der Waals surface area contributed by atoms with E-state index < -0.39 is 0 Å². The molecule has 0 saturated carbocycles. The second-order valence-electron chi connectivity index (χ2n) is 7.23. The van der Waals surface area contributed by atoms with Crippen molar-refractivity contribution in [2.75, 3.05) is 23.7 Å². The Kier molecular flexibility index (Phi) is 6.25. The van der Waals surface area contributed by atoms with Gasteiger partial charge in [0, 0.05) is 30.3 Å². The van der Waals surface area contributed by atoms with Gasteiger partial charge in [-0.2, -0.15) is 10.1 Å². The molecule has 2 heterocycles. The number of piperidine rings is 1. The number of rotatable bonds is 5. The van der Waals surface area contributed by atoms with Gasteiger partial charge in [0.15, 0.2) is 5.82 Å². The first-order valence-electron chi connectivity index (χ1n) is 9.53. The normalized spacial score (nSPS) is 14.7. The number of amides is 3. The minimum Gasteiger partial charge on any atom is -0.336 e. The van der Waals surface area contributed by atoms with E-state index in [0.717, 1.165) is 31.8 Å². The van der Waals surface area contributed by atoms with Crippen LogP contribution >= 0.6 is 0 Å². The number of benzene rings is 1. The SMILES string of the molecule is CC(C)NC(=O)Nc1ccc(C(=O)Nc2nc(C3CCNCC3)nn2C)cc1. The molecule has 1 aromatic carbocycles. The van der Waals surface area contributed by atoms with Crippen LogP contribution in [0.3, 0.4) is 0 Å². The fraction of sp³-hybridized carbons (Fsp3) is 0.474. The Hall–Kier alpha value is -2.94. The Balaban J connectivity index is 1.61. The number of urea groups is 1. The summed E-state index contributed by atoms with van der Waals surface area (Å²) in [5, 5.41) is 16.1. The van der Waals surface area contributed by atoms with E-state index in [1.807, 2.05) is 13.8 Å². The first-order chi connectivity index (χ1) is 13.4. The van der Waals surface area contributed by atoms with Crippen molar-refractivity contribution >= 4 is 23.6 Å². The van der Waals surface area contributed by atoms with Gasteiger partial charge in [0.05, 0.1) is 0 Å². The lowest BCUT2D eigenvalue weighted by molar-refractivity contribution is 0.102. The number of hydrogen-bond donors (Lipinski definition) is 4. The van der Waals surface area contributed by atoms with Crippen LogP contribution in [0.25, 0.3) is 0 Å². The van der Waals surface area contributed by atoms with E-state index in [2.05, 4.69) is 31.3 Å². The van der Waals surface area contributed by atoms with Crippen LogP contribution in [0.15, 0.2) is 24.3 Å². The van der Waals surface area contributed by atoms with Gasteiger partial charge in [-0.25, -0.2) is 9.48 Å². The molecule has 2 aromatic rings. The van der Waals surface area contributed by atoms with Gasteiger partial charge in [-0.05, 0) is 64.0 Å². The quantitative estimate of drug-likeness (QED) is 0.629. The zero-order chi connectivity index (χ0) is 20.1. The van der Waals surface area contributed by atoms with Crippen molar-refractivity contribution in [3.63, 3.8) is 0 Å². The highest BCUT2D eigenvalue weighted by atomic mass is 16.2. The first-order valence-corrected chi connectivity index (χ1v) is 9.53. The smallest absolute Gasteiger partial charge is 0.319 e. The Bertz CT molecular complexity index is 823. The summed E-state index contributed by atoms with van der Waals surface area (Å²) in [5.41, 5.74) is 1.09. The highest BCUT2D eigenvalue weighted by molar-refractivity contribution is 6.03. The second kappa shape index (κ2) is 8.83. The van der Waals surface area contributed by atoms with Gasteiger partial charge in [0.2, 0.25) is 5.95 Å². The van der Waals surface area contributed by atoms with E-state index in [-0.39, 0.29) is 18.0 Å². The highest BCUT2D eigenvalue weighted by Gasteiger charge is 2.21. The first kappa shape index (κ1) is 19.8. The second-order valence-corrected chi connectivity index (χ2v) is 7.23. The third-order valence-corrected chi connectivity index (χ3v) is 4.53. The minimum atomic E-state index is -0.281. The summed E-state index contributed by atoms with van der Waals surface area (Å²) in [4.78, 5) is 28.8. The fourth-order valence-corrected chi connectivity index (χ4v) is 3.07. The van der Waals surface area contributed by atoms with Crippen molar-refractivity contribution in [3.8, 4) is 0 Å². The van der Waals surface area contributed by atoms with Crippen LogP contribution in [0.2, 0.25) is 0 Å². The molecule has 3 rings (SSSR count). The Morgan fingerprint density at radius 2 is 1.82 bits per heavy atom. The standard InChI is InChI=1S/C19H27N7O2/c1-12(2)21-19(28)22-15-6-4-14(5-7-15)17(27)24-18-23-16(25-26(18)3)13-8-10-20-11-9-13/h4-7,12-13,20H,8-11H2,1-3H3,(H2,21,22,28)(H,23,24,25,27). The molecule has 0 unspecified atom stereocenters.